The molecule has 0 aliphatic carbocycles. The summed E-state index contributed by atoms with van der Waals surface area (Å²) in [7, 11) is 1.82. The molecule has 0 spiro atoms. The van der Waals surface area contributed by atoms with Gasteiger partial charge in [-0.2, -0.15) is 0 Å². The van der Waals surface area contributed by atoms with E-state index in [1.54, 1.807) is 4.90 Å². The van der Waals surface area contributed by atoms with Crippen LogP contribution in [0.2, 0.25) is 0 Å². The Kier molecular flexibility index (Phi) is 6.65. The van der Waals surface area contributed by atoms with Gasteiger partial charge in [0, 0.05) is 25.6 Å². The Morgan fingerprint density at radius 3 is 2.71 bits per heavy atom. The standard InChI is InChI=1S/C15H21N3O2.ClH/c1-11(10-16-2)15(20)18-9-8-17-14(19)13(18)12-6-4-3-5-7-12;/h3-7,11,13,16H,8-10H2,1-2H3,(H,17,19);1H. The molecule has 0 radical (unpaired) electrons. The van der Waals surface area contributed by atoms with Crippen LogP contribution < -0.4 is 10.6 Å². The van der Waals surface area contributed by atoms with E-state index >= 15 is 0 Å². The lowest BCUT2D eigenvalue weighted by atomic mass is 10.00. The Hall–Kier alpha value is -1.59. The van der Waals surface area contributed by atoms with Gasteiger partial charge < -0.3 is 15.5 Å². The van der Waals surface area contributed by atoms with Crippen molar-refractivity contribution in [2.24, 2.45) is 5.92 Å². The molecule has 0 aromatic heterocycles. The molecule has 1 heterocycles. The maximum absolute atomic E-state index is 12.5. The zero-order valence-corrected chi connectivity index (χ0v) is 13.2. The van der Waals surface area contributed by atoms with Crippen LogP contribution >= 0.6 is 12.4 Å². The average Bonchev–Trinajstić information content (AvgIpc) is 2.47. The third kappa shape index (κ3) is 3.95. The summed E-state index contributed by atoms with van der Waals surface area (Å²) in [5, 5.41) is 5.84. The second kappa shape index (κ2) is 8.00. The summed E-state index contributed by atoms with van der Waals surface area (Å²) in [6, 6.07) is 8.93. The van der Waals surface area contributed by atoms with E-state index in [9.17, 15) is 9.59 Å². The molecule has 2 unspecified atom stereocenters. The third-order valence-corrected chi connectivity index (χ3v) is 3.54. The van der Waals surface area contributed by atoms with Gasteiger partial charge in [-0.15, -0.1) is 12.4 Å². The predicted octanol–water partition coefficient (Wildman–Crippen LogP) is 0.963. The number of amides is 2. The first-order chi connectivity index (χ1) is 9.65. The van der Waals surface area contributed by atoms with Gasteiger partial charge in [0.05, 0.1) is 0 Å². The van der Waals surface area contributed by atoms with Crippen molar-refractivity contribution >= 4 is 24.2 Å². The van der Waals surface area contributed by atoms with E-state index in [1.165, 1.54) is 0 Å². The summed E-state index contributed by atoms with van der Waals surface area (Å²) in [5.74, 6) is -0.229. The van der Waals surface area contributed by atoms with Crippen molar-refractivity contribution in [3.8, 4) is 0 Å². The molecular formula is C15H22ClN3O2. The first-order valence-electron chi connectivity index (χ1n) is 6.93. The van der Waals surface area contributed by atoms with Crippen molar-refractivity contribution in [3.63, 3.8) is 0 Å². The minimum Gasteiger partial charge on any atom is -0.352 e. The third-order valence-electron chi connectivity index (χ3n) is 3.54. The highest BCUT2D eigenvalue weighted by atomic mass is 35.5. The maximum atomic E-state index is 12.5. The molecule has 0 saturated carbocycles. The quantitative estimate of drug-likeness (QED) is 0.871. The Morgan fingerprint density at radius 1 is 1.43 bits per heavy atom. The number of carbonyl (C=O) groups excluding carboxylic acids is 2. The molecule has 1 fully saturated rings. The molecule has 2 atom stereocenters. The second-order valence-corrected chi connectivity index (χ2v) is 5.09. The maximum Gasteiger partial charge on any atom is 0.247 e. The minimum atomic E-state index is -0.517. The molecule has 21 heavy (non-hydrogen) atoms. The number of nitrogens with one attached hydrogen (secondary N) is 2. The van der Waals surface area contributed by atoms with Gasteiger partial charge in [-0.25, -0.2) is 0 Å². The number of rotatable bonds is 4. The van der Waals surface area contributed by atoms with Crippen LogP contribution in [0.1, 0.15) is 18.5 Å². The van der Waals surface area contributed by atoms with Crippen molar-refractivity contribution in [3.05, 3.63) is 35.9 Å². The average molecular weight is 312 g/mol. The molecule has 1 aliphatic heterocycles. The van der Waals surface area contributed by atoms with Crippen LogP contribution in [0.25, 0.3) is 0 Å². The topological polar surface area (TPSA) is 61.4 Å². The van der Waals surface area contributed by atoms with Gasteiger partial charge >= 0.3 is 0 Å². The van der Waals surface area contributed by atoms with Crippen molar-refractivity contribution in [2.75, 3.05) is 26.7 Å². The number of hydrogen-bond acceptors (Lipinski definition) is 3. The van der Waals surface area contributed by atoms with E-state index in [0.29, 0.717) is 19.6 Å². The molecule has 1 saturated heterocycles. The highest BCUT2D eigenvalue weighted by Crippen LogP contribution is 2.24. The summed E-state index contributed by atoms with van der Waals surface area (Å²) < 4.78 is 0. The van der Waals surface area contributed by atoms with E-state index < -0.39 is 6.04 Å². The van der Waals surface area contributed by atoms with E-state index in [4.69, 9.17) is 0 Å². The van der Waals surface area contributed by atoms with Crippen LogP contribution in [0, 0.1) is 5.92 Å². The van der Waals surface area contributed by atoms with Crippen LogP contribution in [-0.4, -0.2) is 43.4 Å². The fourth-order valence-corrected chi connectivity index (χ4v) is 2.55. The number of hydrogen-bond donors (Lipinski definition) is 2. The van der Waals surface area contributed by atoms with Gasteiger partial charge in [0.2, 0.25) is 11.8 Å². The van der Waals surface area contributed by atoms with Gasteiger partial charge in [-0.05, 0) is 12.6 Å². The smallest absolute Gasteiger partial charge is 0.247 e. The summed E-state index contributed by atoms with van der Waals surface area (Å²) in [6.07, 6.45) is 0. The lowest BCUT2D eigenvalue weighted by Gasteiger charge is -2.36. The molecule has 2 amide bonds. The first-order valence-corrected chi connectivity index (χ1v) is 6.93. The van der Waals surface area contributed by atoms with Crippen molar-refractivity contribution in [1.82, 2.24) is 15.5 Å². The zero-order valence-electron chi connectivity index (χ0n) is 12.3. The predicted molar refractivity (Wildman–Crippen MR) is 84.2 cm³/mol. The summed E-state index contributed by atoms with van der Waals surface area (Å²) in [6.45, 7) is 3.56. The molecule has 1 aromatic carbocycles. The molecule has 6 heteroatoms. The second-order valence-electron chi connectivity index (χ2n) is 5.09. The summed E-state index contributed by atoms with van der Waals surface area (Å²) >= 11 is 0. The van der Waals surface area contributed by atoms with Gasteiger partial charge in [0.1, 0.15) is 6.04 Å². The van der Waals surface area contributed by atoms with Crippen molar-refractivity contribution in [2.45, 2.75) is 13.0 Å². The lowest BCUT2D eigenvalue weighted by Crippen LogP contribution is -2.54. The van der Waals surface area contributed by atoms with Gasteiger partial charge in [-0.3, -0.25) is 9.59 Å². The monoisotopic (exact) mass is 311 g/mol. The van der Waals surface area contributed by atoms with Crippen LogP contribution in [0.3, 0.4) is 0 Å². The first kappa shape index (κ1) is 17.5. The van der Waals surface area contributed by atoms with Gasteiger partial charge in [-0.1, -0.05) is 37.3 Å². The Bertz CT molecular complexity index is 481. The van der Waals surface area contributed by atoms with Crippen LogP contribution in [0.4, 0.5) is 0 Å². The Labute approximate surface area is 131 Å². The molecule has 2 N–H and O–H groups in total. The highest BCUT2D eigenvalue weighted by molar-refractivity contribution is 5.90. The molecule has 116 valence electrons. The SMILES string of the molecule is CNCC(C)C(=O)N1CCNC(=O)C1c1ccccc1.Cl. The van der Waals surface area contributed by atoms with Crippen molar-refractivity contribution in [1.29, 1.82) is 0 Å². The highest BCUT2D eigenvalue weighted by Gasteiger charge is 2.35. The fourth-order valence-electron chi connectivity index (χ4n) is 2.55. The lowest BCUT2D eigenvalue weighted by molar-refractivity contribution is -0.146. The van der Waals surface area contributed by atoms with Crippen LogP contribution in [-0.2, 0) is 9.59 Å². The zero-order chi connectivity index (χ0) is 14.5. The Morgan fingerprint density at radius 2 is 2.10 bits per heavy atom. The van der Waals surface area contributed by atoms with E-state index in [0.717, 1.165) is 5.56 Å². The van der Waals surface area contributed by atoms with E-state index in [-0.39, 0.29) is 30.1 Å². The summed E-state index contributed by atoms with van der Waals surface area (Å²) in [5.41, 5.74) is 0.856. The largest absolute Gasteiger partial charge is 0.352 e. The molecule has 1 aliphatic rings. The number of halogens is 1. The summed E-state index contributed by atoms with van der Waals surface area (Å²) in [4.78, 5) is 26.4. The van der Waals surface area contributed by atoms with Gasteiger partial charge in [0.15, 0.2) is 0 Å². The fraction of sp³-hybridized carbons (Fsp3) is 0.467. The molecular weight excluding hydrogens is 290 g/mol. The molecule has 2 rings (SSSR count). The van der Waals surface area contributed by atoms with E-state index in [2.05, 4.69) is 10.6 Å². The molecule has 5 nitrogen and oxygen atoms in total. The normalized spacial score (nSPS) is 19.4. The molecule has 1 aromatic rings. The number of carbonyl (C=O) groups is 2. The minimum absolute atomic E-state index is 0. The van der Waals surface area contributed by atoms with E-state index in [1.807, 2.05) is 44.3 Å². The Balaban J connectivity index is 0.00000220. The number of benzene rings is 1. The number of piperazine rings is 1. The molecule has 0 bridgehead atoms. The number of nitrogens with zero attached hydrogens (tertiary/aromatic N) is 1. The van der Waals surface area contributed by atoms with Gasteiger partial charge in [0.25, 0.3) is 0 Å². The van der Waals surface area contributed by atoms with Crippen LogP contribution in [0.5, 0.6) is 0 Å². The van der Waals surface area contributed by atoms with Crippen LogP contribution in [0.15, 0.2) is 30.3 Å². The van der Waals surface area contributed by atoms with Crippen molar-refractivity contribution < 1.29 is 9.59 Å².